The molecule has 0 N–H and O–H groups in total. The fourth-order valence-corrected chi connectivity index (χ4v) is 7.62. The van der Waals surface area contributed by atoms with Gasteiger partial charge in [-0.2, -0.15) is 5.26 Å². The molecule has 4 heteroatoms. The van der Waals surface area contributed by atoms with Gasteiger partial charge in [0.25, 0.3) is 0 Å². The summed E-state index contributed by atoms with van der Waals surface area (Å²) in [6.45, 7) is 12.8. The van der Waals surface area contributed by atoms with E-state index in [1.807, 2.05) is 42.5 Å². The molecule has 0 fully saturated rings. The van der Waals surface area contributed by atoms with Crippen LogP contribution in [-0.2, 0) is 5.41 Å². The third kappa shape index (κ3) is 3.29. The number of nitriles is 1. The number of rotatable bonds is 2. The Hall–Kier alpha value is -6.10. The minimum atomic E-state index is -0.131. The highest BCUT2D eigenvalue weighted by Crippen LogP contribution is 2.53. The third-order valence-corrected chi connectivity index (χ3v) is 9.66. The monoisotopic (exact) mass is 575 g/mol. The first-order valence-corrected chi connectivity index (χ1v) is 15.0. The Labute approximate surface area is 259 Å². The minimum absolute atomic E-state index is 0.131. The number of hydrogen-bond donors (Lipinski definition) is 0. The highest BCUT2D eigenvalue weighted by atomic mass is 16.3. The fraction of sp³-hybridized carbons (Fsp3) is 0.0732. The van der Waals surface area contributed by atoms with E-state index in [2.05, 4.69) is 102 Å². The number of furan rings is 1. The molecule has 8 aromatic rings. The molecule has 45 heavy (non-hydrogen) atoms. The van der Waals surface area contributed by atoms with Crippen LogP contribution in [0.25, 0.3) is 76.5 Å². The van der Waals surface area contributed by atoms with Crippen LogP contribution in [0.1, 0.15) is 30.5 Å². The van der Waals surface area contributed by atoms with Crippen LogP contribution in [0.2, 0.25) is 0 Å². The maximum Gasteiger partial charge on any atom is 0.197 e. The van der Waals surface area contributed by atoms with Crippen molar-refractivity contribution in [2.45, 2.75) is 19.3 Å². The Kier molecular flexibility index (Phi) is 5.06. The van der Waals surface area contributed by atoms with Crippen LogP contribution in [-0.4, -0.2) is 4.57 Å². The lowest BCUT2D eigenvalue weighted by molar-refractivity contribution is 0.653. The van der Waals surface area contributed by atoms with E-state index in [0.717, 1.165) is 66.1 Å². The summed E-state index contributed by atoms with van der Waals surface area (Å²) in [6.07, 6.45) is 0. The third-order valence-electron chi connectivity index (χ3n) is 9.66. The fourth-order valence-electron chi connectivity index (χ4n) is 7.62. The Balaban J connectivity index is 1.39. The van der Waals surface area contributed by atoms with E-state index in [4.69, 9.17) is 11.0 Å². The van der Waals surface area contributed by atoms with E-state index >= 15 is 0 Å². The molecule has 1 aliphatic rings. The summed E-state index contributed by atoms with van der Waals surface area (Å²) >= 11 is 0. The van der Waals surface area contributed by atoms with Gasteiger partial charge in [0.05, 0.1) is 29.2 Å². The molecule has 4 nitrogen and oxygen atoms in total. The highest BCUT2D eigenvalue weighted by Gasteiger charge is 2.37. The van der Waals surface area contributed by atoms with Crippen LogP contribution in [0.15, 0.2) is 120 Å². The van der Waals surface area contributed by atoms with Crippen molar-refractivity contribution < 1.29 is 4.42 Å². The number of fused-ring (bicyclic) bond motifs is 10. The van der Waals surface area contributed by atoms with Gasteiger partial charge in [0.1, 0.15) is 11.2 Å². The second kappa shape index (κ2) is 8.96. The second-order valence-corrected chi connectivity index (χ2v) is 12.3. The largest absolute Gasteiger partial charge is 0.455 e. The first-order chi connectivity index (χ1) is 22.0. The second-order valence-electron chi connectivity index (χ2n) is 12.3. The van der Waals surface area contributed by atoms with Crippen LogP contribution in [0, 0.1) is 17.9 Å². The minimum Gasteiger partial charge on any atom is -0.455 e. The van der Waals surface area contributed by atoms with Gasteiger partial charge >= 0.3 is 0 Å². The lowest BCUT2D eigenvalue weighted by Crippen LogP contribution is -2.14. The molecule has 2 aromatic heterocycles. The van der Waals surface area contributed by atoms with Gasteiger partial charge in [-0.1, -0.05) is 98.8 Å². The first kappa shape index (κ1) is 25.4. The normalized spacial score (nSPS) is 13.2. The Morgan fingerprint density at radius 2 is 1.40 bits per heavy atom. The van der Waals surface area contributed by atoms with Crippen molar-refractivity contribution in [3.05, 3.63) is 143 Å². The van der Waals surface area contributed by atoms with Crippen molar-refractivity contribution in [1.29, 1.82) is 5.26 Å². The van der Waals surface area contributed by atoms with Gasteiger partial charge in [-0.15, -0.1) is 0 Å². The van der Waals surface area contributed by atoms with Crippen LogP contribution in [0.5, 0.6) is 0 Å². The first-order valence-electron chi connectivity index (χ1n) is 15.0. The standard InChI is InChI=1S/C41H25N3O/c1-41(2)31-14-6-4-11-28(31)37-32(41)20-19-27-26-12-8-13-29(39(26)45-40(27)37)38-33(43-3)15-9-17-36(38)44-34-16-7-5-10-25(34)30-22-24(23-42)18-21-35(30)44/h4-22H,1-2H3. The summed E-state index contributed by atoms with van der Waals surface area (Å²) < 4.78 is 9.18. The zero-order valence-electron chi connectivity index (χ0n) is 24.7. The summed E-state index contributed by atoms with van der Waals surface area (Å²) in [5.74, 6) is 0. The number of nitrogens with zero attached hydrogens (tertiary/aromatic N) is 3. The van der Waals surface area contributed by atoms with Gasteiger partial charge in [0.2, 0.25) is 0 Å². The van der Waals surface area contributed by atoms with E-state index in [1.54, 1.807) is 0 Å². The molecule has 0 atom stereocenters. The molecule has 1 aliphatic carbocycles. The zero-order chi connectivity index (χ0) is 30.4. The summed E-state index contributed by atoms with van der Waals surface area (Å²) in [7, 11) is 0. The average molecular weight is 576 g/mol. The lowest BCUT2D eigenvalue weighted by atomic mass is 9.82. The van der Waals surface area contributed by atoms with Crippen molar-refractivity contribution in [2.24, 2.45) is 0 Å². The van der Waals surface area contributed by atoms with Gasteiger partial charge < -0.3 is 8.98 Å². The number of para-hydroxylation sites is 2. The van der Waals surface area contributed by atoms with E-state index in [0.29, 0.717) is 11.3 Å². The summed E-state index contributed by atoms with van der Waals surface area (Å²) in [5.41, 5.74) is 12.2. The predicted molar refractivity (Wildman–Crippen MR) is 182 cm³/mol. The predicted octanol–water partition coefficient (Wildman–Crippen LogP) is 11.1. The SMILES string of the molecule is [C-]#[N+]c1cccc(-n2c3ccccc3c3cc(C#N)ccc32)c1-c1cccc2c1oc1c3c(ccc12)C(C)(C)c1ccccc1-3. The molecule has 210 valence electrons. The van der Waals surface area contributed by atoms with E-state index in [1.165, 1.54) is 16.7 Å². The molecular formula is C41H25N3O. The number of hydrogen-bond acceptors (Lipinski definition) is 2. The molecule has 2 heterocycles. The molecule has 9 rings (SSSR count). The van der Waals surface area contributed by atoms with Crippen LogP contribution in [0.3, 0.4) is 0 Å². The molecule has 0 saturated heterocycles. The van der Waals surface area contributed by atoms with E-state index in [-0.39, 0.29) is 5.41 Å². The Morgan fingerprint density at radius 3 is 2.27 bits per heavy atom. The molecule has 0 aliphatic heterocycles. The van der Waals surface area contributed by atoms with Crippen LogP contribution < -0.4 is 0 Å². The molecule has 0 amide bonds. The smallest absolute Gasteiger partial charge is 0.197 e. The average Bonchev–Trinajstić information content (AvgIpc) is 3.70. The van der Waals surface area contributed by atoms with Crippen molar-refractivity contribution in [3.63, 3.8) is 0 Å². The summed E-state index contributed by atoms with van der Waals surface area (Å²) in [5, 5.41) is 13.8. The van der Waals surface area contributed by atoms with Gasteiger partial charge in [-0.05, 0) is 47.0 Å². The van der Waals surface area contributed by atoms with Crippen LogP contribution >= 0.6 is 0 Å². The van der Waals surface area contributed by atoms with Gasteiger partial charge in [-0.3, -0.25) is 0 Å². The van der Waals surface area contributed by atoms with Crippen molar-refractivity contribution in [2.75, 3.05) is 0 Å². The number of aromatic nitrogens is 1. The molecule has 0 spiro atoms. The van der Waals surface area contributed by atoms with Crippen molar-refractivity contribution in [3.8, 4) is 34.0 Å². The summed E-state index contributed by atoms with van der Waals surface area (Å²) in [6, 6.07) is 41.6. The van der Waals surface area contributed by atoms with Gasteiger partial charge in [0.15, 0.2) is 5.69 Å². The molecular weight excluding hydrogens is 550 g/mol. The van der Waals surface area contributed by atoms with Crippen molar-refractivity contribution in [1.82, 2.24) is 4.57 Å². The molecule has 0 radical (unpaired) electrons. The Morgan fingerprint density at radius 1 is 0.667 bits per heavy atom. The van der Waals surface area contributed by atoms with E-state index < -0.39 is 0 Å². The van der Waals surface area contributed by atoms with Crippen molar-refractivity contribution >= 4 is 49.4 Å². The maximum absolute atomic E-state index is 9.66. The maximum atomic E-state index is 9.66. The molecule has 0 saturated carbocycles. The van der Waals surface area contributed by atoms with E-state index in [9.17, 15) is 5.26 Å². The number of benzene rings is 6. The quantitative estimate of drug-likeness (QED) is 0.193. The zero-order valence-corrected chi connectivity index (χ0v) is 24.7. The lowest BCUT2D eigenvalue weighted by Gasteiger charge is -2.21. The van der Waals surface area contributed by atoms with Gasteiger partial charge in [-0.25, -0.2) is 4.85 Å². The summed E-state index contributed by atoms with van der Waals surface area (Å²) in [4.78, 5) is 4.02. The Bertz CT molecular complexity index is 2650. The molecule has 0 unspecified atom stereocenters. The topological polar surface area (TPSA) is 46.2 Å². The molecule has 0 bridgehead atoms. The van der Waals surface area contributed by atoms with Gasteiger partial charge in [0, 0.05) is 49.3 Å². The highest BCUT2D eigenvalue weighted by molar-refractivity contribution is 6.16. The molecule has 6 aromatic carbocycles. The van der Waals surface area contributed by atoms with Crippen LogP contribution in [0.4, 0.5) is 5.69 Å².